The molecule has 3 aromatic rings. The molecule has 11 heteroatoms. The first kappa shape index (κ1) is 26.2. The van der Waals surface area contributed by atoms with Crippen LogP contribution in [0.3, 0.4) is 0 Å². The Morgan fingerprint density at radius 1 is 1.03 bits per heavy atom. The Kier molecular flexibility index (Phi) is 9.25. The van der Waals surface area contributed by atoms with Crippen LogP contribution < -0.4 is 20.2 Å². The molecule has 0 atom stereocenters. The SMILES string of the molecule is CCOc1ccc(C(=O)Oc2ccc(Br)cc2/C=N/NC(=O)C(=O)Nc2cccc(Cl)c2Cl)cc1. The number of amides is 2. The average Bonchev–Trinajstić information content (AvgIpc) is 2.84. The van der Waals surface area contributed by atoms with E-state index in [-0.39, 0.29) is 21.5 Å². The van der Waals surface area contributed by atoms with Gasteiger partial charge in [0.25, 0.3) is 0 Å². The molecule has 0 saturated heterocycles. The van der Waals surface area contributed by atoms with E-state index in [4.69, 9.17) is 32.7 Å². The number of benzene rings is 3. The number of hydrazone groups is 1. The van der Waals surface area contributed by atoms with E-state index in [1.165, 1.54) is 12.3 Å². The lowest BCUT2D eigenvalue weighted by Crippen LogP contribution is -2.32. The molecule has 2 amide bonds. The quantitative estimate of drug-likeness (QED) is 0.127. The summed E-state index contributed by atoms with van der Waals surface area (Å²) in [5.41, 5.74) is 2.98. The first-order valence-corrected chi connectivity index (χ1v) is 11.7. The molecule has 8 nitrogen and oxygen atoms in total. The lowest BCUT2D eigenvalue weighted by Gasteiger charge is -2.09. The summed E-state index contributed by atoms with van der Waals surface area (Å²) in [5, 5.41) is 6.46. The highest BCUT2D eigenvalue weighted by Gasteiger charge is 2.16. The molecular weight excluding hydrogens is 561 g/mol. The average molecular weight is 579 g/mol. The topological polar surface area (TPSA) is 106 Å². The molecular formula is C24H18BrCl2N3O5. The smallest absolute Gasteiger partial charge is 0.343 e. The van der Waals surface area contributed by atoms with Gasteiger partial charge in [-0.05, 0) is 61.5 Å². The van der Waals surface area contributed by atoms with Gasteiger partial charge in [0.05, 0.1) is 34.1 Å². The second kappa shape index (κ2) is 12.3. The van der Waals surface area contributed by atoms with Crippen molar-refractivity contribution in [2.45, 2.75) is 6.92 Å². The lowest BCUT2D eigenvalue weighted by atomic mass is 10.2. The van der Waals surface area contributed by atoms with Gasteiger partial charge in [-0.15, -0.1) is 0 Å². The van der Waals surface area contributed by atoms with E-state index < -0.39 is 17.8 Å². The summed E-state index contributed by atoms with van der Waals surface area (Å²) in [7, 11) is 0. The number of rotatable bonds is 7. The number of hydrogen-bond acceptors (Lipinski definition) is 6. The van der Waals surface area contributed by atoms with E-state index in [1.54, 1.807) is 54.6 Å². The first-order valence-electron chi connectivity index (χ1n) is 10.1. The van der Waals surface area contributed by atoms with Gasteiger partial charge in [-0.25, -0.2) is 10.2 Å². The molecule has 0 bridgehead atoms. The number of ether oxygens (including phenoxy) is 2. The normalized spacial score (nSPS) is 10.6. The summed E-state index contributed by atoms with van der Waals surface area (Å²) >= 11 is 15.2. The van der Waals surface area contributed by atoms with E-state index in [9.17, 15) is 14.4 Å². The van der Waals surface area contributed by atoms with E-state index >= 15 is 0 Å². The van der Waals surface area contributed by atoms with Gasteiger partial charge in [0.2, 0.25) is 0 Å². The zero-order valence-corrected chi connectivity index (χ0v) is 21.3. The van der Waals surface area contributed by atoms with E-state index in [0.29, 0.717) is 28.0 Å². The molecule has 0 unspecified atom stereocenters. The van der Waals surface area contributed by atoms with Crippen molar-refractivity contribution in [3.63, 3.8) is 0 Å². The van der Waals surface area contributed by atoms with E-state index in [2.05, 4.69) is 31.8 Å². The number of carbonyl (C=O) groups excluding carboxylic acids is 3. The molecule has 0 aliphatic heterocycles. The molecule has 0 aromatic heterocycles. The third-order valence-corrected chi connectivity index (χ3v) is 5.66. The second-order valence-corrected chi connectivity index (χ2v) is 8.48. The molecule has 0 saturated carbocycles. The number of nitrogens with zero attached hydrogens (tertiary/aromatic N) is 1. The zero-order valence-electron chi connectivity index (χ0n) is 18.2. The molecule has 3 aromatic carbocycles. The summed E-state index contributed by atoms with van der Waals surface area (Å²) in [6.07, 6.45) is 1.24. The highest BCUT2D eigenvalue weighted by Crippen LogP contribution is 2.29. The van der Waals surface area contributed by atoms with Crippen LogP contribution >= 0.6 is 39.1 Å². The molecule has 0 heterocycles. The van der Waals surface area contributed by atoms with Gasteiger partial charge < -0.3 is 14.8 Å². The molecule has 0 radical (unpaired) electrons. The minimum absolute atomic E-state index is 0.104. The van der Waals surface area contributed by atoms with Crippen LogP contribution in [-0.4, -0.2) is 30.6 Å². The van der Waals surface area contributed by atoms with Gasteiger partial charge in [-0.3, -0.25) is 9.59 Å². The molecule has 0 aliphatic carbocycles. The summed E-state index contributed by atoms with van der Waals surface area (Å²) in [5.74, 6) is -1.80. The molecule has 0 fully saturated rings. The maximum absolute atomic E-state index is 12.6. The molecule has 0 aliphatic rings. The van der Waals surface area contributed by atoms with Crippen LogP contribution in [0.5, 0.6) is 11.5 Å². The first-order chi connectivity index (χ1) is 16.8. The molecule has 2 N–H and O–H groups in total. The fourth-order valence-electron chi connectivity index (χ4n) is 2.72. The van der Waals surface area contributed by atoms with Gasteiger partial charge >= 0.3 is 17.8 Å². The fraction of sp³-hybridized carbons (Fsp3) is 0.0833. The molecule has 180 valence electrons. The monoisotopic (exact) mass is 577 g/mol. The Labute approximate surface area is 219 Å². The fourth-order valence-corrected chi connectivity index (χ4v) is 3.44. The van der Waals surface area contributed by atoms with E-state index in [0.717, 1.165) is 0 Å². The van der Waals surface area contributed by atoms with Gasteiger partial charge in [-0.1, -0.05) is 45.2 Å². The number of hydrogen-bond donors (Lipinski definition) is 2. The summed E-state index contributed by atoms with van der Waals surface area (Å²) < 4.78 is 11.5. The van der Waals surface area contributed by atoms with Crippen LogP contribution in [0, 0.1) is 0 Å². The number of nitrogens with one attached hydrogen (secondary N) is 2. The number of carbonyl (C=O) groups is 3. The number of halogens is 3. The maximum Gasteiger partial charge on any atom is 0.343 e. The van der Waals surface area contributed by atoms with Gasteiger partial charge in [0, 0.05) is 10.0 Å². The van der Waals surface area contributed by atoms with Crippen molar-refractivity contribution in [3.05, 3.63) is 86.3 Å². The van der Waals surface area contributed by atoms with Crippen LogP contribution in [0.1, 0.15) is 22.8 Å². The predicted octanol–water partition coefficient (Wildman–Crippen LogP) is 5.46. The van der Waals surface area contributed by atoms with Crippen molar-refractivity contribution < 1.29 is 23.9 Å². The second-order valence-electron chi connectivity index (χ2n) is 6.78. The van der Waals surface area contributed by atoms with Gasteiger partial charge in [0.15, 0.2) is 0 Å². The third-order valence-electron chi connectivity index (χ3n) is 4.35. The van der Waals surface area contributed by atoms with Gasteiger partial charge in [0.1, 0.15) is 11.5 Å². The maximum atomic E-state index is 12.6. The van der Waals surface area contributed by atoms with Crippen molar-refractivity contribution in [2.75, 3.05) is 11.9 Å². The lowest BCUT2D eigenvalue weighted by molar-refractivity contribution is -0.136. The van der Waals surface area contributed by atoms with Crippen LogP contribution in [0.4, 0.5) is 5.69 Å². The molecule has 0 spiro atoms. The summed E-state index contributed by atoms with van der Waals surface area (Å²) in [6.45, 7) is 2.38. The highest BCUT2D eigenvalue weighted by molar-refractivity contribution is 9.10. The van der Waals surface area contributed by atoms with Crippen LogP contribution in [-0.2, 0) is 9.59 Å². The Bertz CT molecular complexity index is 1280. The van der Waals surface area contributed by atoms with Crippen molar-refractivity contribution in [1.82, 2.24) is 5.43 Å². The minimum atomic E-state index is -1.04. The predicted molar refractivity (Wildman–Crippen MR) is 138 cm³/mol. The van der Waals surface area contributed by atoms with Crippen molar-refractivity contribution >= 4 is 68.8 Å². The van der Waals surface area contributed by atoms with Gasteiger partial charge in [-0.2, -0.15) is 5.10 Å². The Balaban J connectivity index is 1.66. The Morgan fingerprint density at radius 2 is 1.77 bits per heavy atom. The van der Waals surface area contributed by atoms with Crippen molar-refractivity contribution in [3.8, 4) is 11.5 Å². The largest absolute Gasteiger partial charge is 0.494 e. The van der Waals surface area contributed by atoms with Crippen LogP contribution in [0.25, 0.3) is 0 Å². The summed E-state index contributed by atoms with van der Waals surface area (Å²) in [4.78, 5) is 36.8. The number of esters is 1. The van der Waals surface area contributed by atoms with Crippen molar-refractivity contribution in [2.24, 2.45) is 5.10 Å². The number of anilines is 1. The molecule has 3 rings (SSSR count). The minimum Gasteiger partial charge on any atom is -0.494 e. The third kappa shape index (κ3) is 7.29. The Hall–Kier alpha value is -3.40. The molecule has 35 heavy (non-hydrogen) atoms. The van der Waals surface area contributed by atoms with E-state index in [1.807, 2.05) is 6.92 Å². The summed E-state index contributed by atoms with van der Waals surface area (Å²) in [6, 6.07) is 16.0. The zero-order chi connectivity index (χ0) is 25.4. The van der Waals surface area contributed by atoms with Crippen LogP contribution in [0.15, 0.2) is 70.2 Å². The highest BCUT2D eigenvalue weighted by atomic mass is 79.9. The Morgan fingerprint density at radius 3 is 2.49 bits per heavy atom. The van der Waals surface area contributed by atoms with Crippen molar-refractivity contribution in [1.29, 1.82) is 0 Å². The van der Waals surface area contributed by atoms with Crippen LogP contribution in [0.2, 0.25) is 10.0 Å². The standard InChI is InChI=1S/C24H18BrCl2N3O5/c1-2-34-17-9-6-14(7-10-17)24(33)35-20-11-8-16(25)12-15(20)13-28-30-23(32)22(31)29-19-5-3-4-18(26)21(19)27/h3-13H,2H2,1H3,(H,29,31)(H,30,32)/b28-13+.